The van der Waals surface area contributed by atoms with E-state index in [2.05, 4.69) is 16.0 Å². The Hall–Kier alpha value is -1.84. The summed E-state index contributed by atoms with van der Waals surface area (Å²) in [6.07, 6.45) is -4.50. The molecule has 2 amide bonds. The molecule has 1 aromatic rings. The molecule has 0 spiro atoms. The van der Waals surface area contributed by atoms with Gasteiger partial charge >= 0.3 is 6.18 Å². The second kappa shape index (κ2) is 9.02. The quantitative estimate of drug-likeness (QED) is 0.748. The summed E-state index contributed by atoms with van der Waals surface area (Å²) in [5.41, 5.74) is -0.899. The zero-order valence-electron chi connectivity index (χ0n) is 13.4. The molecule has 0 radical (unpaired) electrons. The van der Waals surface area contributed by atoms with Crippen molar-refractivity contribution in [3.05, 3.63) is 23.8 Å². The average Bonchev–Trinajstić information content (AvgIpc) is 2.48. The Morgan fingerprint density at radius 2 is 2.00 bits per heavy atom. The summed E-state index contributed by atoms with van der Waals surface area (Å²) in [6.45, 7) is 2.75. The summed E-state index contributed by atoms with van der Waals surface area (Å²) in [5.74, 6) is -0.920. The van der Waals surface area contributed by atoms with Gasteiger partial charge in [0.2, 0.25) is 11.8 Å². The van der Waals surface area contributed by atoms with Crippen LogP contribution in [0.1, 0.15) is 18.9 Å². The minimum atomic E-state index is -4.55. The number of rotatable bonds is 4. The Kier molecular flexibility index (Phi) is 7.65. The molecule has 1 unspecified atom stereocenters. The van der Waals surface area contributed by atoms with Crippen molar-refractivity contribution >= 4 is 35.6 Å². The summed E-state index contributed by atoms with van der Waals surface area (Å²) in [7, 11) is 0. The summed E-state index contributed by atoms with van der Waals surface area (Å²) < 4.78 is 43.8. The van der Waals surface area contributed by atoms with Crippen LogP contribution in [0.2, 0.25) is 0 Å². The van der Waals surface area contributed by atoms with Crippen molar-refractivity contribution in [2.24, 2.45) is 0 Å². The molecule has 1 fully saturated rings. The summed E-state index contributed by atoms with van der Waals surface area (Å²) >= 11 is 0. The highest BCUT2D eigenvalue weighted by atomic mass is 35.5. The van der Waals surface area contributed by atoms with Crippen LogP contribution in [-0.2, 0) is 20.5 Å². The third-order valence-corrected chi connectivity index (χ3v) is 3.36. The largest absolute Gasteiger partial charge is 0.416 e. The van der Waals surface area contributed by atoms with Crippen LogP contribution in [0.5, 0.6) is 0 Å². The second-order valence-electron chi connectivity index (χ2n) is 5.42. The number of halogens is 4. The standard InChI is InChI=1S/C15H18F3N3O3.ClH/c1-9(22)20-12-3-2-10(15(16,17)18)6-13(12)21-14(23)7-11-8-24-5-4-19-11;/h2-3,6,11,19H,4-5,7-8H2,1H3,(H,20,22)(H,21,23);1H. The van der Waals surface area contributed by atoms with Crippen molar-refractivity contribution < 1.29 is 27.5 Å². The van der Waals surface area contributed by atoms with Crippen molar-refractivity contribution in [3.8, 4) is 0 Å². The Morgan fingerprint density at radius 3 is 2.56 bits per heavy atom. The maximum atomic E-state index is 12.8. The lowest BCUT2D eigenvalue weighted by atomic mass is 10.1. The Balaban J connectivity index is 0.00000312. The van der Waals surface area contributed by atoms with Crippen LogP contribution in [0.4, 0.5) is 24.5 Å². The average molecular weight is 382 g/mol. The maximum absolute atomic E-state index is 12.8. The molecule has 3 N–H and O–H groups in total. The summed E-state index contributed by atoms with van der Waals surface area (Å²) in [6, 6.07) is 2.56. The van der Waals surface area contributed by atoms with Crippen molar-refractivity contribution in [2.45, 2.75) is 25.6 Å². The molecule has 1 aromatic carbocycles. The number of alkyl halides is 3. The fourth-order valence-electron chi connectivity index (χ4n) is 2.30. The van der Waals surface area contributed by atoms with Crippen LogP contribution in [0, 0.1) is 0 Å². The van der Waals surface area contributed by atoms with Gasteiger partial charge in [0.15, 0.2) is 0 Å². The SMILES string of the molecule is CC(=O)Nc1ccc(C(F)(F)F)cc1NC(=O)CC1COCCN1.Cl. The van der Waals surface area contributed by atoms with Crippen LogP contribution >= 0.6 is 12.4 Å². The molecule has 2 rings (SSSR count). The van der Waals surface area contributed by atoms with E-state index in [0.717, 1.165) is 18.2 Å². The molecule has 10 heteroatoms. The fourth-order valence-corrected chi connectivity index (χ4v) is 2.30. The number of carbonyl (C=O) groups excluding carboxylic acids is 2. The van der Waals surface area contributed by atoms with Gasteiger partial charge in [-0.25, -0.2) is 0 Å². The van der Waals surface area contributed by atoms with Gasteiger partial charge in [-0.15, -0.1) is 12.4 Å². The second-order valence-corrected chi connectivity index (χ2v) is 5.42. The number of anilines is 2. The van der Waals surface area contributed by atoms with Gasteiger partial charge in [0.25, 0.3) is 0 Å². The number of benzene rings is 1. The van der Waals surface area contributed by atoms with Gasteiger partial charge in [0.1, 0.15) is 0 Å². The van der Waals surface area contributed by atoms with Gasteiger partial charge in [-0.3, -0.25) is 9.59 Å². The normalized spacial score (nSPS) is 17.4. The lowest BCUT2D eigenvalue weighted by Gasteiger charge is -2.23. The minimum absolute atomic E-state index is 0. The molecule has 1 aliphatic heterocycles. The molecular formula is C15H19ClF3N3O3. The first kappa shape index (κ1) is 21.2. The number of amides is 2. The van der Waals surface area contributed by atoms with E-state index in [9.17, 15) is 22.8 Å². The first-order valence-corrected chi connectivity index (χ1v) is 7.35. The highest BCUT2D eigenvalue weighted by Gasteiger charge is 2.31. The molecule has 25 heavy (non-hydrogen) atoms. The molecule has 1 heterocycles. The highest BCUT2D eigenvalue weighted by molar-refractivity contribution is 5.99. The van der Waals surface area contributed by atoms with Crippen molar-refractivity contribution in [1.82, 2.24) is 5.32 Å². The van der Waals surface area contributed by atoms with Crippen LogP contribution < -0.4 is 16.0 Å². The maximum Gasteiger partial charge on any atom is 0.416 e. The number of hydrogen-bond acceptors (Lipinski definition) is 4. The zero-order chi connectivity index (χ0) is 17.7. The Bertz CT molecular complexity index is 620. The van der Waals surface area contributed by atoms with Crippen LogP contribution in [-0.4, -0.2) is 37.6 Å². The first-order chi connectivity index (χ1) is 11.3. The molecule has 1 saturated heterocycles. The van der Waals surface area contributed by atoms with E-state index in [1.54, 1.807) is 0 Å². The molecule has 0 aromatic heterocycles. The van der Waals surface area contributed by atoms with Crippen molar-refractivity contribution in [2.75, 3.05) is 30.4 Å². The van der Waals surface area contributed by atoms with E-state index in [0.29, 0.717) is 19.8 Å². The zero-order valence-corrected chi connectivity index (χ0v) is 14.2. The molecule has 1 atom stereocenters. The van der Waals surface area contributed by atoms with Gasteiger partial charge < -0.3 is 20.7 Å². The molecule has 140 valence electrons. The van der Waals surface area contributed by atoms with Gasteiger partial charge in [-0.05, 0) is 18.2 Å². The Labute approximate surface area is 148 Å². The van der Waals surface area contributed by atoms with Crippen LogP contribution in [0.25, 0.3) is 0 Å². The van der Waals surface area contributed by atoms with Crippen molar-refractivity contribution in [3.63, 3.8) is 0 Å². The summed E-state index contributed by atoms with van der Waals surface area (Å²) in [4.78, 5) is 23.3. The van der Waals surface area contributed by atoms with E-state index in [4.69, 9.17) is 4.74 Å². The number of ether oxygens (including phenoxy) is 1. The number of carbonyl (C=O) groups is 2. The van der Waals surface area contributed by atoms with E-state index >= 15 is 0 Å². The summed E-state index contributed by atoms with van der Waals surface area (Å²) in [5, 5.41) is 7.91. The molecule has 0 aliphatic carbocycles. The van der Waals surface area contributed by atoms with E-state index in [1.165, 1.54) is 6.92 Å². The highest BCUT2D eigenvalue weighted by Crippen LogP contribution is 2.34. The molecule has 0 bridgehead atoms. The number of hydrogen-bond donors (Lipinski definition) is 3. The van der Waals surface area contributed by atoms with Crippen molar-refractivity contribution in [1.29, 1.82) is 0 Å². The van der Waals surface area contributed by atoms with E-state index < -0.39 is 23.6 Å². The number of morpholine rings is 1. The third kappa shape index (κ3) is 6.52. The lowest BCUT2D eigenvalue weighted by Crippen LogP contribution is -2.43. The predicted molar refractivity (Wildman–Crippen MR) is 88.9 cm³/mol. The van der Waals surface area contributed by atoms with Gasteiger partial charge in [0.05, 0.1) is 30.2 Å². The Morgan fingerprint density at radius 1 is 1.28 bits per heavy atom. The van der Waals surface area contributed by atoms with E-state index in [1.807, 2.05) is 0 Å². The monoisotopic (exact) mass is 381 g/mol. The molecular weight excluding hydrogens is 363 g/mol. The predicted octanol–water partition coefficient (Wildman–Crippen LogP) is 2.40. The lowest BCUT2D eigenvalue weighted by molar-refractivity contribution is -0.137. The molecule has 0 saturated carbocycles. The van der Waals surface area contributed by atoms with Gasteiger partial charge in [-0.2, -0.15) is 13.2 Å². The van der Waals surface area contributed by atoms with Gasteiger partial charge in [-0.1, -0.05) is 0 Å². The van der Waals surface area contributed by atoms with Crippen LogP contribution in [0.15, 0.2) is 18.2 Å². The number of nitrogens with one attached hydrogen (secondary N) is 3. The first-order valence-electron chi connectivity index (χ1n) is 7.35. The van der Waals surface area contributed by atoms with Crippen LogP contribution in [0.3, 0.4) is 0 Å². The topological polar surface area (TPSA) is 79.5 Å². The third-order valence-electron chi connectivity index (χ3n) is 3.36. The molecule has 6 nitrogen and oxygen atoms in total. The smallest absolute Gasteiger partial charge is 0.378 e. The van der Waals surface area contributed by atoms with E-state index in [-0.39, 0.29) is 36.2 Å². The molecule has 1 aliphatic rings. The van der Waals surface area contributed by atoms with Gasteiger partial charge in [0, 0.05) is 25.9 Å². The minimum Gasteiger partial charge on any atom is -0.378 e. The fraction of sp³-hybridized carbons (Fsp3) is 0.467.